The lowest BCUT2D eigenvalue weighted by molar-refractivity contribution is -0.383. The van der Waals surface area contributed by atoms with E-state index in [9.17, 15) is 14.9 Å². The van der Waals surface area contributed by atoms with Crippen LogP contribution in [0.1, 0.15) is 18.1 Å². The first-order valence-corrected chi connectivity index (χ1v) is 6.07. The third kappa shape index (κ3) is 1.74. The van der Waals surface area contributed by atoms with Crippen LogP contribution in [0, 0.1) is 10.1 Å². The van der Waals surface area contributed by atoms with Crippen molar-refractivity contribution >= 4 is 28.1 Å². The summed E-state index contributed by atoms with van der Waals surface area (Å²) in [6.07, 6.45) is 1.71. The maximum absolute atomic E-state index is 11.3. The third-order valence-electron chi connectivity index (χ3n) is 3.47. The zero-order valence-corrected chi connectivity index (χ0v) is 10.4. The van der Waals surface area contributed by atoms with Gasteiger partial charge in [0.15, 0.2) is 0 Å². The fraction of sp³-hybridized carbons (Fsp3) is 0.214. The van der Waals surface area contributed by atoms with Crippen molar-refractivity contribution in [1.29, 1.82) is 0 Å². The average molecular weight is 256 g/mol. The van der Waals surface area contributed by atoms with Crippen molar-refractivity contribution in [1.82, 2.24) is 0 Å². The van der Waals surface area contributed by atoms with Crippen molar-refractivity contribution in [2.45, 2.75) is 19.8 Å². The lowest BCUT2D eigenvalue weighted by Crippen LogP contribution is -2.09. The van der Waals surface area contributed by atoms with E-state index >= 15 is 0 Å². The highest BCUT2D eigenvalue weighted by atomic mass is 16.6. The first-order chi connectivity index (χ1) is 9.08. The van der Waals surface area contributed by atoms with Crippen molar-refractivity contribution in [2.24, 2.45) is 0 Å². The molecule has 0 unspecified atom stereocenters. The molecule has 0 fully saturated rings. The molecule has 1 N–H and O–H groups in total. The summed E-state index contributed by atoms with van der Waals surface area (Å²) in [5, 5.41) is 15.6. The number of carbonyl (C=O) groups is 1. The molecule has 0 bridgehead atoms. The number of aryl methyl sites for hydroxylation is 2. The molecule has 1 aliphatic carbocycles. The van der Waals surface area contributed by atoms with Gasteiger partial charge in [-0.1, -0.05) is 18.2 Å². The molecular formula is C14H12N2O3. The summed E-state index contributed by atoms with van der Waals surface area (Å²) >= 11 is 0. The monoisotopic (exact) mass is 256 g/mol. The highest BCUT2D eigenvalue weighted by Crippen LogP contribution is 2.40. The molecule has 0 aromatic heterocycles. The lowest BCUT2D eigenvalue weighted by atomic mass is 10.0. The first kappa shape index (κ1) is 11.6. The topological polar surface area (TPSA) is 72.2 Å². The SMILES string of the molecule is CC(=O)Nc1c([N+](=O)[O-])cc2c3c(cccc13)CC2. The summed E-state index contributed by atoms with van der Waals surface area (Å²) in [7, 11) is 0. The van der Waals surface area contributed by atoms with Gasteiger partial charge in [-0.2, -0.15) is 0 Å². The van der Waals surface area contributed by atoms with E-state index in [2.05, 4.69) is 5.32 Å². The minimum atomic E-state index is -0.438. The van der Waals surface area contributed by atoms with Crippen LogP contribution >= 0.6 is 0 Å². The van der Waals surface area contributed by atoms with Gasteiger partial charge >= 0.3 is 0 Å². The van der Waals surface area contributed by atoms with E-state index in [0.717, 1.165) is 29.2 Å². The Hall–Kier alpha value is -2.43. The van der Waals surface area contributed by atoms with E-state index in [-0.39, 0.29) is 11.6 Å². The number of nitrogens with one attached hydrogen (secondary N) is 1. The molecule has 0 saturated heterocycles. The highest BCUT2D eigenvalue weighted by Gasteiger charge is 2.24. The average Bonchev–Trinajstić information content (AvgIpc) is 2.76. The van der Waals surface area contributed by atoms with Gasteiger partial charge in [-0.15, -0.1) is 0 Å². The zero-order chi connectivity index (χ0) is 13.6. The second kappa shape index (κ2) is 4.05. The predicted octanol–water partition coefficient (Wildman–Crippen LogP) is 2.81. The molecule has 1 amide bonds. The summed E-state index contributed by atoms with van der Waals surface area (Å²) in [4.78, 5) is 22.0. The molecule has 96 valence electrons. The van der Waals surface area contributed by atoms with Crippen molar-refractivity contribution in [3.8, 4) is 0 Å². The summed E-state index contributed by atoms with van der Waals surface area (Å²) in [6.45, 7) is 1.35. The second-order valence-corrected chi connectivity index (χ2v) is 4.71. The Kier molecular flexibility index (Phi) is 2.48. The lowest BCUT2D eigenvalue weighted by Gasteiger charge is -2.10. The van der Waals surface area contributed by atoms with Gasteiger partial charge in [0.05, 0.1) is 4.92 Å². The Morgan fingerprint density at radius 1 is 1.32 bits per heavy atom. The number of rotatable bonds is 2. The number of nitrogens with zero attached hydrogens (tertiary/aromatic N) is 1. The first-order valence-electron chi connectivity index (χ1n) is 6.07. The number of nitro benzene ring substituents is 1. The Balaban J connectivity index is 2.39. The molecule has 3 rings (SSSR count). The quantitative estimate of drug-likeness (QED) is 0.663. The van der Waals surface area contributed by atoms with Crippen LogP contribution < -0.4 is 5.32 Å². The van der Waals surface area contributed by atoms with Gasteiger partial charge in [0.25, 0.3) is 5.69 Å². The maximum atomic E-state index is 11.3. The van der Waals surface area contributed by atoms with E-state index in [0.29, 0.717) is 5.69 Å². The van der Waals surface area contributed by atoms with Gasteiger partial charge < -0.3 is 5.32 Å². The molecule has 0 spiro atoms. The normalized spacial score (nSPS) is 12.7. The van der Waals surface area contributed by atoms with Gasteiger partial charge in [-0.3, -0.25) is 14.9 Å². The van der Waals surface area contributed by atoms with Crippen molar-refractivity contribution in [3.05, 3.63) is 45.5 Å². The van der Waals surface area contributed by atoms with E-state index in [1.54, 1.807) is 6.07 Å². The fourth-order valence-corrected chi connectivity index (χ4v) is 2.76. The molecular weight excluding hydrogens is 244 g/mol. The van der Waals surface area contributed by atoms with Crippen LogP contribution in [-0.2, 0) is 17.6 Å². The third-order valence-corrected chi connectivity index (χ3v) is 3.47. The van der Waals surface area contributed by atoms with Gasteiger partial charge in [-0.05, 0) is 29.4 Å². The second-order valence-electron chi connectivity index (χ2n) is 4.71. The van der Waals surface area contributed by atoms with Gasteiger partial charge in [-0.25, -0.2) is 0 Å². The van der Waals surface area contributed by atoms with Crippen LogP contribution in [0.15, 0.2) is 24.3 Å². The van der Waals surface area contributed by atoms with Gasteiger partial charge in [0.2, 0.25) is 5.91 Å². The molecule has 0 heterocycles. The summed E-state index contributed by atoms with van der Waals surface area (Å²) in [5.41, 5.74) is 2.46. The van der Waals surface area contributed by atoms with Crippen LogP contribution in [-0.4, -0.2) is 10.8 Å². The van der Waals surface area contributed by atoms with Crippen molar-refractivity contribution in [3.63, 3.8) is 0 Å². The number of amides is 1. The highest BCUT2D eigenvalue weighted by molar-refractivity contribution is 6.08. The summed E-state index contributed by atoms with van der Waals surface area (Å²) in [6, 6.07) is 7.32. The Bertz CT molecular complexity index is 722. The van der Waals surface area contributed by atoms with Crippen LogP contribution in [0.25, 0.3) is 10.8 Å². The number of nitro groups is 1. The Labute approximate surface area is 109 Å². The van der Waals surface area contributed by atoms with Gasteiger partial charge in [0.1, 0.15) is 5.69 Å². The number of hydrogen-bond donors (Lipinski definition) is 1. The molecule has 2 aromatic carbocycles. The zero-order valence-electron chi connectivity index (χ0n) is 10.4. The molecule has 0 aliphatic heterocycles. The molecule has 1 aliphatic rings. The van der Waals surface area contributed by atoms with E-state index < -0.39 is 4.92 Å². The van der Waals surface area contributed by atoms with E-state index in [1.165, 1.54) is 12.5 Å². The largest absolute Gasteiger partial charge is 0.320 e. The minimum Gasteiger partial charge on any atom is -0.320 e. The molecule has 5 nitrogen and oxygen atoms in total. The molecule has 0 atom stereocenters. The maximum Gasteiger partial charge on any atom is 0.293 e. The van der Waals surface area contributed by atoms with Crippen molar-refractivity contribution < 1.29 is 9.72 Å². The Morgan fingerprint density at radius 3 is 2.74 bits per heavy atom. The van der Waals surface area contributed by atoms with Crippen LogP contribution in [0.2, 0.25) is 0 Å². The van der Waals surface area contributed by atoms with E-state index in [4.69, 9.17) is 0 Å². The molecule has 19 heavy (non-hydrogen) atoms. The fourth-order valence-electron chi connectivity index (χ4n) is 2.76. The predicted molar refractivity (Wildman–Crippen MR) is 72.3 cm³/mol. The van der Waals surface area contributed by atoms with Crippen molar-refractivity contribution in [2.75, 3.05) is 5.32 Å². The summed E-state index contributed by atoms with van der Waals surface area (Å²) in [5.74, 6) is -0.304. The smallest absolute Gasteiger partial charge is 0.293 e. The van der Waals surface area contributed by atoms with E-state index in [1.807, 2.05) is 18.2 Å². The van der Waals surface area contributed by atoms with Crippen LogP contribution in [0.4, 0.5) is 11.4 Å². The number of anilines is 1. The molecule has 2 aromatic rings. The summed E-state index contributed by atoms with van der Waals surface area (Å²) < 4.78 is 0. The number of benzene rings is 2. The number of hydrogen-bond acceptors (Lipinski definition) is 3. The molecule has 0 saturated carbocycles. The minimum absolute atomic E-state index is 0.0308. The molecule has 0 radical (unpaired) electrons. The standard InChI is InChI=1S/C14H12N2O3/c1-8(17)15-14-11-4-2-3-9-5-6-10(13(9)11)7-12(14)16(18)19/h2-4,7H,5-6H2,1H3,(H,15,17). The van der Waals surface area contributed by atoms with Crippen LogP contribution in [0.3, 0.4) is 0 Å². The molecule has 5 heteroatoms. The number of carbonyl (C=O) groups excluding carboxylic acids is 1. The Morgan fingerprint density at radius 2 is 2.05 bits per heavy atom. The van der Waals surface area contributed by atoms with Crippen LogP contribution in [0.5, 0.6) is 0 Å². The van der Waals surface area contributed by atoms with Gasteiger partial charge in [0, 0.05) is 18.4 Å².